The molecule has 0 bridgehead atoms. The number of likely N-dealkylation sites (tertiary alicyclic amines) is 1. The Balaban J connectivity index is 2.09. The summed E-state index contributed by atoms with van der Waals surface area (Å²) in [5, 5.41) is 9.10. The number of hydrogen-bond acceptors (Lipinski definition) is 4. The molecule has 104 valence electrons. The smallest absolute Gasteiger partial charge is 0.254 e. The number of ether oxygens (including phenoxy) is 1. The van der Waals surface area contributed by atoms with Crippen LogP contribution >= 0.6 is 0 Å². The first-order chi connectivity index (χ1) is 9.13. The number of nitrogens with two attached hydrogens (primary N) is 1. The van der Waals surface area contributed by atoms with Gasteiger partial charge in [0.1, 0.15) is 5.75 Å². The minimum atomic E-state index is -0.0259. The second kappa shape index (κ2) is 5.93. The maximum atomic E-state index is 12.4. The molecule has 1 saturated heterocycles. The third kappa shape index (κ3) is 3.17. The molecule has 0 radical (unpaired) electrons. The van der Waals surface area contributed by atoms with Crippen molar-refractivity contribution in [2.45, 2.75) is 12.8 Å². The first-order valence-electron chi connectivity index (χ1n) is 6.48. The molecule has 1 heterocycles. The maximum absolute atomic E-state index is 12.4. The number of nitrogen functional groups attached to an aromatic ring is 1. The SMILES string of the molecule is COc1cc(N)cc(C(=O)N2CCC(CO)CC2)c1. The van der Waals surface area contributed by atoms with Gasteiger partial charge in [0.2, 0.25) is 0 Å². The highest BCUT2D eigenvalue weighted by molar-refractivity contribution is 5.95. The van der Waals surface area contributed by atoms with E-state index in [9.17, 15) is 4.79 Å². The Morgan fingerprint density at radius 3 is 2.68 bits per heavy atom. The van der Waals surface area contributed by atoms with Crippen LogP contribution in [0.1, 0.15) is 23.2 Å². The average Bonchev–Trinajstić information content (AvgIpc) is 2.46. The van der Waals surface area contributed by atoms with Crippen LogP contribution in [-0.4, -0.2) is 42.7 Å². The van der Waals surface area contributed by atoms with Gasteiger partial charge in [-0.3, -0.25) is 4.79 Å². The summed E-state index contributed by atoms with van der Waals surface area (Å²) < 4.78 is 5.12. The molecule has 1 amide bonds. The third-order valence-electron chi connectivity index (χ3n) is 3.57. The molecule has 5 nitrogen and oxygen atoms in total. The van der Waals surface area contributed by atoms with Gasteiger partial charge in [-0.1, -0.05) is 0 Å². The van der Waals surface area contributed by atoms with E-state index < -0.39 is 0 Å². The molecule has 1 aromatic carbocycles. The summed E-state index contributed by atoms with van der Waals surface area (Å²) in [6.45, 7) is 1.57. The maximum Gasteiger partial charge on any atom is 0.254 e. The van der Waals surface area contributed by atoms with Gasteiger partial charge in [0.15, 0.2) is 0 Å². The van der Waals surface area contributed by atoms with E-state index in [-0.39, 0.29) is 12.5 Å². The molecule has 0 aliphatic carbocycles. The number of rotatable bonds is 3. The van der Waals surface area contributed by atoms with E-state index in [1.165, 1.54) is 0 Å². The first-order valence-corrected chi connectivity index (χ1v) is 6.48. The fourth-order valence-electron chi connectivity index (χ4n) is 2.36. The van der Waals surface area contributed by atoms with Crippen LogP contribution in [0.3, 0.4) is 0 Å². The average molecular weight is 264 g/mol. The molecule has 0 spiro atoms. The first kappa shape index (κ1) is 13.7. The highest BCUT2D eigenvalue weighted by Gasteiger charge is 2.23. The summed E-state index contributed by atoms with van der Waals surface area (Å²) in [6.07, 6.45) is 1.70. The van der Waals surface area contributed by atoms with E-state index >= 15 is 0 Å². The number of nitrogens with zero attached hydrogens (tertiary/aromatic N) is 1. The fourth-order valence-corrected chi connectivity index (χ4v) is 2.36. The number of piperidine rings is 1. The molecule has 3 N–H and O–H groups in total. The molecule has 0 saturated carbocycles. The van der Waals surface area contributed by atoms with Crippen LogP contribution in [0.2, 0.25) is 0 Å². The number of hydrogen-bond donors (Lipinski definition) is 2. The van der Waals surface area contributed by atoms with E-state index in [2.05, 4.69) is 0 Å². The van der Waals surface area contributed by atoms with Gasteiger partial charge in [-0.05, 0) is 30.9 Å². The van der Waals surface area contributed by atoms with E-state index in [1.54, 1.807) is 30.2 Å². The lowest BCUT2D eigenvalue weighted by molar-refractivity contribution is 0.0650. The second-order valence-electron chi connectivity index (χ2n) is 4.91. The number of aliphatic hydroxyl groups is 1. The van der Waals surface area contributed by atoms with E-state index in [4.69, 9.17) is 15.6 Å². The summed E-state index contributed by atoms with van der Waals surface area (Å²) in [7, 11) is 1.55. The lowest BCUT2D eigenvalue weighted by atomic mass is 9.97. The van der Waals surface area contributed by atoms with Crippen LogP contribution in [0.15, 0.2) is 18.2 Å². The monoisotopic (exact) mass is 264 g/mol. The van der Waals surface area contributed by atoms with Crippen LogP contribution in [0.25, 0.3) is 0 Å². The van der Waals surface area contributed by atoms with E-state index in [1.807, 2.05) is 0 Å². The number of aliphatic hydroxyl groups excluding tert-OH is 1. The molecule has 19 heavy (non-hydrogen) atoms. The molecule has 1 aromatic rings. The predicted octanol–water partition coefficient (Wildman–Crippen LogP) is 1.12. The van der Waals surface area contributed by atoms with Gasteiger partial charge in [0.25, 0.3) is 5.91 Å². The zero-order chi connectivity index (χ0) is 13.8. The molecular formula is C14H20N2O3. The minimum absolute atomic E-state index is 0.0259. The fraction of sp³-hybridized carbons (Fsp3) is 0.500. The van der Waals surface area contributed by atoms with Gasteiger partial charge in [-0.15, -0.1) is 0 Å². The Morgan fingerprint density at radius 2 is 2.11 bits per heavy atom. The molecule has 5 heteroatoms. The van der Waals surface area contributed by atoms with Crippen molar-refractivity contribution in [1.82, 2.24) is 4.90 Å². The molecule has 2 rings (SSSR count). The Bertz CT molecular complexity index is 454. The number of methoxy groups -OCH3 is 1. The number of carbonyl (C=O) groups is 1. The van der Waals surface area contributed by atoms with Gasteiger partial charge < -0.3 is 20.5 Å². The largest absolute Gasteiger partial charge is 0.497 e. The van der Waals surface area contributed by atoms with Crippen molar-refractivity contribution in [3.05, 3.63) is 23.8 Å². The van der Waals surface area contributed by atoms with Gasteiger partial charge in [0.05, 0.1) is 7.11 Å². The Labute approximate surface area is 113 Å². The van der Waals surface area contributed by atoms with Gasteiger partial charge in [-0.25, -0.2) is 0 Å². The Morgan fingerprint density at radius 1 is 1.42 bits per heavy atom. The van der Waals surface area contributed by atoms with Crippen LogP contribution in [0, 0.1) is 5.92 Å². The summed E-state index contributed by atoms with van der Waals surface area (Å²) in [5.74, 6) is 0.884. The number of amides is 1. The lowest BCUT2D eigenvalue weighted by Gasteiger charge is -2.31. The third-order valence-corrected chi connectivity index (χ3v) is 3.57. The standard InChI is InChI=1S/C14H20N2O3/c1-19-13-7-11(6-12(15)8-13)14(18)16-4-2-10(9-17)3-5-16/h6-8,10,17H,2-5,9,15H2,1H3. The van der Waals surface area contributed by atoms with Crippen molar-refractivity contribution in [2.24, 2.45) is 5.92 Å². The number of anilines is 1. The summed E-state index contributed by atoms with van der Waals surface area (Å²) in [5.41, 5.74) is 6.84. The Kier molecular flexibility index (Phi) is 4.27. The normalized spacial score (nSPS) is 16.4. The molecule has 0 unspecified atom stereocenters. The van der Waals surface area contributed by atoms with Crippen LogP contribution in [0.5, 0.6) is 5.75 Å². The van der Waals surface area contributed by atoms with E-state index in [0.29, 0.717) is 36.0 Å². The number of benzene rings is 1. The Hall–Kier alpha value is -1.75. The van der Waals surface area contributed by atoms with Crippen molar-refractivity contribution in [1.29, 1.82) is 0 Å². The zero-order valence-electron chi connectivity index (χ0n) is 11.1. The number of carbonyl (C=O) groups excluding carboxylic acids is 1. The molecule has 1 fully saturated rings. The highest BCUT2D eigenvalue weighted by atomic mass is 16.5. The van der Waals surface area contributed by atoms with Crippen LogP contribution in [-0.2, 0) is 0 Å². The van der Waals surface area contributed by atoms with Crippen molar-refractivity contribution < 1.29 is 14.6 Å². The van der Waals surface area contributed by atoms with Gasteiger partial charge in [0, 0.05) is 37.0 Å². The predicted molar refractivity (Wildman–Crippen MR) is 73.1 cm³/mol. The molecular weight excluding hydrogens is 244 g/mol. The lowest BCUT2D eigenvalue weighted by Crippen LogP contribution is -2.39. The van der Waals surface area contributed by atoms with Crippen molar-refractivity contribution in [3.63, 3.8) is 0 Å². The summed E-state index contributed by atoms with van der Waals surface area (Å²) >= 11 is 0. The van der Waals surface area contributed by atoms with Crippen molar-refractivity contribution in [3.8, 4) is 5.75 Å². The molecule has 0 atom stereocenters. The molecule has 1 aliphatic rings. The van der Waals surface area contributed by atoms with E-state index in [0.717, 1.165) is 12.8 Å². The van der Waals surface area contributed by atoms with Gasteiger partial charge in [-0.2, -0.15) is 0 Å². The van der Waals surface area contributed by atoms with Crippen LogP contribution in [0.4, 0.5) is 5.69 Å². The summed E-state index contributed by atoms with van der Waals surface area (Å²) in [6, 6.07) is 5.06. The topological polar surface area (TPSA) is 75.8 Å². The highest BCUT2D eigenvalue weighted by Crippen LogP contribution is 2.22. The van der Waals surface area contributed by atoms with Crippen molar-refractivity contribution >= 4 is 11.6 Å². The van der Waals surface area contributed by atoms with Crippen LogP contribution < -0.4 is 10.5 Å². The summed E-state index contributed by atoms with van der Waals surface area (Å²) in [4.78, 5) is 14.2. The quantitative estimate of drug-likeness (QED) is 0.802. The zero-order valence-corrected chi connectivity index (χ0v) is 11.1. The van der Waals surface area contributed by atoms with Crippen molar-refractivity contribution in [2.75, 3.05) is 32.5 Å². The minimum Gasteiger partial charge on any atom is -0.497 e. The molecule has 1 aliphatic heterocycles. The second-order valence-corrected chi connectivity index (χ2v) is 4.91. The molecule has 0 aromatic heterocycles. The van der Waals surface area contributed by atoms with Gasteiger partial charge >= 0.3 is 0 Å².